The normalized spacial score (nSPS) is 11.7. The van der Waals surface area contributed by atoms with E-state index in [0.717, 1.165) is 11.3 Å². The molecule has 0 spiro atoms. The van der Waals surface area contributed by atoms with E-state index in [9.17, 15) is 4.79 Å². The SMILES string of the molecule is COc1ccc(Oc2ccccc2CC(N)C(=O)O)cc1. The van der Waals surface area contributed by atoms with Crippen LogP contribution in [0, 0.1) is 0 Å². The third-order valence-corrected chi connectivity index (χ3v) is 3.02. The second kappa shape index (κ2) is 6.76. The van der Waals surface area contributed by atoms with Crippen LogP contribution in [0.25, 0.3) is 0 Å². The topological polar surface area (TPSA) is 81.8 Å². The van der Waals surface area contributed by atoms with E-state index in [1.165, 1.54) is 0 Å². The molecule has 110 valence electrons. The number of rotatable bonds is 6. The van der Waals surface area contributed by atoms with Crippen molar-refractivity contribution in [2.75, 3.05) is 7.11 Å². The Kier molecular flexibility index (Phi) is 4.79. The first-order valence-corrected chi connectivity index (χ1v) is 6.48. The summed E-state index contributed by atoms with van der Waals surface area (Å²) in [5, 5.41) is 8.90. The number of nitrogens with two attached hydrogens (primary N) is 1. The van der Waals surface area contributed by atoms with Gasteiger partial charge >= 0.3 is 5.97 Å². The van der Waals surface area contributed by atoms with Gasteiger partial charge in [0.2, 0.25) is 0 Å². The minimum atomic E-state index is -1.03. The molecule has 21 heavy (non-hydrogen) atoms. The summed E-state index contributed by atoms with van der Waals surface area (Å²) >= 11 is 0. The molecule has 0 fully saturated rings. The highest BCUT2D eigenvalue weighted by molar-refractivity contribution is 5.73. The van der Waals surface area contributed by atoms with E-state index in [1.807, 2.05) is 18.2 Å². The maximum absolute atomic E-state index is 10.9. The molecule has 3 N–H and O–H groups in total. The lowest BCUT2D eigenvalue weighted by molar-refractivity contribution is -0.138. The van der Waals surface area contributed by atoms with E-state index >= 15 is 0 Å². The van der Waals surface area contributed by atoms with Gasteiger partial charge < -0.3 is 20.3 Å². The monoisotopic (exact) mass is 287 g/mol. The molecule has 1 atom stereocenters. The number of hydrogen-bond donors (Lipinski definition) is 2. The molecule has 2 aromatic carbocycles. The van der Waals surface area contributed by atoms with Gasteiger partial charge in [0.25, 0.3) is 0 Å². The van der Waals surface area contributed by atoms with Crippen LogP contribution in [0.15, 0.2) is 48.5 Å². The van der Waals surface area contributed by atoms with Gasteiger partial charge in [0, 0.05) is 6.42 Å². The van der Waals surface area contributed by atoms with Crippen LogP contribution in [0.5, 0.6) is 17.2 Å². The Morgan fingerprint density at radius 2 is 1.76 bits per heavy atom. The van der Waals surface area contributed by atoms with Crippen molar-refractivity contribution in [3.63, 3.8) is 0 Å². The lowest BCUT2D eigenvalue weighted by atomic mass is 10.1. The summed E-state index contributed by atoms with van der Waals surface area (Å²) in [6.45, 7) is 0. The van der Waals surface area contributed by atoms with Crippen LogP contribution >= 0.6 is 0 Å². The Morgan fingerprint density at radius 3 is 2.38 bits per heavy atom. The lowest BCUT2D eigenvalue weighted by Crippen LogP contribution is -2.32. The van der Waals surface area contributed by atoms with Crippen molar-refractivity contribution in [1.82, 2.24) is 0 Å². The Balaban J connectivity index is 2.17. The van der Waals surface area contributed by atoms with Crippen molar-refractivity contribution in [2.24, 2.45) is 5.73 Å². The van der Waals surface area contributed by atoms with Crippen LogP contribution < -0.4 is 15.2 Å². The van der Waals surface area contributed by atoms with Crippen molar-refractivity contribution >= 4 is 5.97 Å². The van der Waals surface area contributed by atoms with Crippen LogP contribution in [-0.4, -0.2) is 24.2 Å². The number of aliphatic carboxylic acids is 1. The zero-order chi connectivity index (χ0) is 15.2. The van der Waals surface area contributed by atoms with Gasteiger partial charge in [-0.3, -0.25) is 4.79 Å². The second-order valence-corrected chi connectivity index (χ2v) is 4.53. The van der Waals surface area contributed by atoms with Crippen molar-refractivity contribution in [1.29, 1.82) is 0 Å². The molecule has 0 bridgehead atoms. The molecule has 0 radical (unpaired) electrons. The molecule has 0 saturated carbocycles. The highest BCUT2D eigenvalue weighted by Gasteiger charge is 2.15. The first-order valence-electron chi connectivity index (χ1n) is 6.48. The maximum atomic E-state index is 10.9. The number of ether oxygens (including phenoxy) is 2. The zero-order valence-electron chi connectivity index (χ0n) is 11.7. The fraction of sp³-hybridized carbons (Fsp3) is 0.188. The minimum absolute atomic E-state index is 0.210. The van der Waals surface area contributed by atoms with Gasteiger partial charge in [-0.25, -0.2) is 0 Å². The van der Waals surface area contributed by atoms with E-state index in [-0.39, 0.29) is 6.42 Å². The molecule has 5 heteroatoms. The van der Waals surface area contributed by atoms with Gasteiger partial charge in [0.15, 0.2) is 0 Å². The van der Waals surface area contributed by atoms with E-state index in [4.69, 9.17) is 20.3 Å². The van der Waals surface area contributed by atoms with E-state index in [1.54, 1.807) is 37.4 Å². The first kappa shape index (κ1) is 14.9. The summed E-state index contributed by atoms with van der Waals surface area (Å²) in [7, 11) is 1.60. The fourth-order valence-electron chi connectivity index (χ4n) is 1.87. The number of benzene rings is 2. The fourth-order valence-corrected chi connectivity index (χ4v) is 1.87. The summed E-state index contributed by atoms with van der Waals surface area (Å²) < 4.78 is 10.9. The number of carboxylic acid groups (broad SMARTS) is 1. The van der Waals surface area contributed by atoms with Gasteiger partial charge in [-0.15, -0.1) is 0 Å². The number of methoxy groups -OCH3 is 1. The molecule has 2 rings (SSSR count). The summed E-state index contributed by atoms with van der Waals surface area (Å²) in [4.78, 5) is 10.9. The quantitative estimate of drug-likeness (QED) is 0.852. The smallest absolute Gasteiger partial charge is 0.320 e. The number of carbonyl (C=O) groups is 1. The molecule has 0 saturated heterocycles. The molecular weight excluding hydrogens is 270 g/mol. The van der Waals surface area contributed by atoms with Gasteiger partial charge in [-0.2, -0.15) is 0 Å². The van der Waals surface area contributed by atoms with Gasteiger partial charge in [-0.1, -0.05) is 18.2 Å². The molecule has 0 aromatic heterocycles. The molecule has 2 aromatic rings. The zero-order valence-corrected chi connectivity index (χ0v) is 11.7. The van der Waals surface area contributed by atoms with E-state index in [2.05, 4.69) is 0 Å². The highest BCUT2D eigenvalue weighted by atomic mass is 16.5. The Hall–Kier alpha value is -2.53. The molecule has 1 unspecified atom stereocenters. The van der Waals surface area contributed by atoms with Crippen molar-refractivity contribution < 1.29 is 19.4 Å². The third kappa shape index (κ3) is 3.97. The van der Waals surface area contributed by atoms with Crippen LogP contribution in [0.4, 0.5) is 0 Å². The van der Waals surface area contributed by atoms with Gasteiger partial charge in [0.1, 0.15) is 23.3 Å². The van der Waals surface area contributed by atoms with Crippen molar-refractivity contribution in [3.8, 4) is 17.2 Å². The Labute approximate surface area is 122 Å². The second-order valence-electron chi connectivity index (χ2n) is 4.53. The lowest BCUT2D eigenvalue weighted by Gasteiger charge is -2.13. The standard InChI is InChI=1S/C16H17NO4/c1-20-12-6-8-13(9-7-12)21-15-5-3-2-4-11(15)10-14(17)16(18)19/h2-9,14H,10,17H2,1H3,(H,18,19). The van der Waals surface area contributed by atoms with Crippen LogP contribution in [-0.2, 0) is 11.2 Å². The molecular formula is C16H17NO4. The van der Waals surface area contributed by atoms with E-state index < -0.39 is 12.0 Å². The minimum Gasteiger partial charge on any atom is -0.497 e. The summed E-state index contributed by atoms with van der Waals surface area (Å²) in [5.41, 5.74) is 6.33. The molecule has 0 amide bonds. The van der Waals surface area contributed by atoms with E-state index in [0.29, 0.717) is 11.5 Å². The number of para-hydroxylation sites is 1. The summed E-state index contributed by atoms with van der Waals surface area (Å²) in [6, 6.07) is 13.4. The largest absolute Gasteiger partial charge is 0.497 e. The highest BCUT2D eigenvalue weighted by Crippen LogP contribution is 2.27. The van der Waals surface area contributed by atoms with Crippen molar-refractivity contribution in [2.45, 2.75) is 12.5 Å². The first-order chi connectivity index (χ1) is 10.1. The van der Waals surface area contributed by atoms with Crippen LogP contribution in [0.1, 0.15) is 5.56 Å². The van der Waals surface area contributed by atoms with Gasteiger partial charge in [0.05, 0.1) is 7.11 Å². The molecule has 0 heterocycles. The maximum Gasteiger partial charge on any atom is 0.320 e. The average Bonchev–Trinajstić information content (AvgIpc) is 2.50. The average molecular weight is 287 g/mol. The molecule has 0 aliphatic heterocycles. The molecule has 0 aliphatic carbocycles. The number of hydrogen-bond acceptors (Lipinski definition) is 4. The van der Waals surface area contributed by atoms with Gasteiger partial charge in [-0.05, 0) is 35.9 Å². The van der Waals surface area contributed by atoms with Crippen LogP contribution in [0.2, 0.25) is 0 Å². The third-order valence-electron chi connectivity index (χ3n) is 3.02. The predicted molar refractivity (Wildman–Crippen MR) is 78.8 cm³/mol. The predicted octanol–water partition coefficient (Wildman–Crippen LogP) is 2.44. The Bertz CT molecular complexity index is 610. The van der Waals surface area contributed by atoms with Crippen molar-refractivity contribution in [3.05, 3.63) is 54.1 Å². The summed E-state index contributed by atoms with van der Waals surface area (Å²) in [5.74, 6) is 0.948. The summed E-state index contributed by atoms with van der Waals surface area (Å²) in [6.07, 6.45) is 0.210. The molecule has 0 aliphatic rings. The Morgan fingerprint density at radius 1 is 1.14 bits per heavy atom. The molecule has 5 nitrogen and oxygen atoms in total. The number of carboxylic acids is 1. The van der Waals surface area contributed by atoms with Crippen LogP contribution in [0.3, 0.4) is 0 Å².